The number of benzene rings is 1. The zero-order chi connectivity index (χ0) is 34.7. The lowest BCUT2D eigenvalue weighted by molar-refractivity contribution is -0.121. The molecule has 5 heterocycles. The van der Waals surface area contributed by atoms with Gasteiger partial charge in [-0.1, -0.05) is 26.0 Å². The van der Waals surface area contributed by atoms with Crippen LogP contribution in [0.15, 0.2) is 35.1 Å². The number of morpholine rings is 1. The van der Waals surface area contributed by atoms with Gasteiger partial charge in [0.15, 0.2) is 5.65 Å². The van der Waals surface area contributed by atoms with Gasteiger partial charge in [-0.15, -0.1) is 5.10 Å². The first kappa shape index (κ1) is 34.3. The summed E-state index contributed by atoms with van der Waals surface area (Å²) < 4.78 is 22.9. The van der Waals surface area contributed by atoms with Crippen molar-refractivity contribution < 1.29 is 19.0 Å². The number of pyridine rings is 1. The number of aromatic nitrogens is 3. The number of nitrogens with one attached hydrogen (secondary N) is 1. The third kappa shape index (κ3) is 6.82. The first-order valence-electron chi connectivity index (χ1n) is 18.0. The molecule has 2 aromatic heterocycles. The van der Waals surface area contributed by atoms with Gasteiger partial charge < -0.3 is 20.1 Å². The lowest BCUT2D eigenvalue weighted by Gasteiger charge is -2.43. The molecule has 3 aliphatic heterocycles. The highest BCUT2D eigenvalue weighted by Crippen LogP contribution is 2.42. The second kappa shape index (κ2) is 13.2. The summed E-state index contributed by atoms with van der Waals surface area (Å²) in [6.07, 6.45) is 2.96. The van der Waals surface area contributed by atoms with Gasteiger partial charge in [0.1, 0.15) is 5.82 Å². The summed E-state index contributed by atoms with van der Waals surface area (Å²) in [5, 5.41) is 19.2. The number of carbonyl (C=O) groups excluding carboxylic acids is 1. The zero-order valence-electron chi connectivity index (χ0n) is 29.6. The number of nitrogens with zero attached hydrogens (tertiary/aromatic N) is 6. The van der Waals surface area contributed by atoms with E-state index in [0.29, 0.717) is 50.3 Å². The molecule has 1 aromatic carbocycles. The monoisotopic (exact) mass is 677 g/mol. The van der Waals surface area contributed by atoms with Gasteiger partial charge in [0.25, 0.3) is 0 Å². The number of fused-ring (bicyclic) bond motifs is 3. The maximum atomic E-state index is 14.5. The molecule has 3 atom stereocenters. The Morgan fingerprint density at radius 3 is 2.57 bits per heavy atom. The SMILES string of the molecule is C[C@@H]1CN(CC(=O)N2CC(C)(C)c3c2cc(Cc2ccc(F)cc2)c2nn(C4CCC(C)(O)CC4)c(=O)n32)[C@@H](CN2CCOC[C@H]2C)CN1. The second-order valence-electron chi connectivity index (χ2n) is 16.0. The highest BCUT2D eigenvalue weighted by Gasteiger charge is 2.43. The molecule has 3 fully saturated rings. The summed E-state index contributed by atoms with van der Waals surface area (Å²) in [6.45, 7) is 15.9. The number of hydrogen-bond donors (Lipinski definition) is 2. The standard InChI is InChI=1S/C37H52FN7O4/c1-24-19-42(30(18-39-24)20-41-14-15-49-22-25(41)2)21-32(46)43-23-36(3,4)33-31(43)17-27(16-26-6-8-28(38)9-7-26)34-40-45(35(47)44(33)34)29-10-12-37(5,48)13-11-29/h6-9,17,24-25,29-30,39,48H,10-16,18-23H2,1-5H3/t24-,25-,29?,30-,37?/m1/s1. The number of piperazine rings is 1. The van der Waals surface area contributed by atoms with E-state index in [0.717, 1.165) is 61.9 Å². The average Bonchev–Trinajstić information content (AvgIpc) is 3.53. The van der Waals surface area contributed by atoms with Crippen molar-refractivity contribution in [1.82, 2.24) is 29.3 Å². The maximum Gasteiger partial charge on any atom is 0.350 e. The topological polar surface area (TPSA) is 108 Å². The number of carbonyl (C=O) groups is 1. The van der Waals surface area contributed by atoms with Gasteiger partial charge in [-0.05, 0) is 70.2 Å². The van der Waals surface area contributed by atoms with Gasteiger partial charge >= 0.3 is 5.69 Å². The number of amides is 1. The molecule has 0 radical (unpaired) electrons. The van der Waals surface area contributed by atoms with Crippen LogP contribution in [0, 0.1) is 5.82 Å². The Hall–Kier alpha value is -3.16. The highest BCUT2D eigenvalue weighted by atomic mass is 19.1. The van der Waals surface area contributed by atoms with Crippen molar-refractivity contribution in [3.8, 4) is 0 Å². The molecule has 2 N–H and O–H groups in total. The lowest BCUT2D eigenvalue weighted by atomic mass is 9.84. The maximum absolute atomic E-state index is 14.5. The third-order valence-electron chi connectivity index (χ3n) is 11.4. The van der Waals surface area contributed by atoms with Crippen molar-refractivity contribution in [3.05, 3.63) is 63.5 Å². The van der Waals surface area contributed by atoms with Crippen LogP contribution in [-0.2, 0) is 21.4 Å². The molecule has 4 aliphatic rings. The molecule has 0 spiro atoms. The van der Waals surface area contributed by atoms with Crippen LogP contribution in [0.3, 0.4) is 0 Å². The Labute approximate surface area is 288 Å². The number of rotatable bonds is 7. The second-order valence-corrected chi connectivity index (χ2v) is 16.0. The summed E-state index contributed by atoms with van der Waals surface area (Å²) in [5.74, 6) is -0.290. The van der Waals surface area contributed by atoms with Gasteiger partial charge in [-0.3, -0.25) is 14.6 Å². The number of halogens is 1. The molecule has 0 unspecified atom stereocenters. The Bertz CT molecular complexity index is 1740. The molecule has 11 nitrogen and oxygen atoms in total. The summed E-state index contributed by atoms with van der Waals surface area (Å²) in [6, 6.07) is 9.10. The molecule has 266 valence electrons. The minimum Gasteiger partial charge on any atom is -0.390 e. The Balaban J connectivity index is 1.25. The van der Waals surface area contributed by atoms with Crippen LogP contribution < -0.4 is 15.9 Å². The predicted molar refractivity (Wildman–Crippen MR) is 187 cm³/mol. The first-order chi connectivity index (χ1) is 23.3. The number of hydrogen-bond acceptors (Lipinski definition) is 8. The number of aliphatic hydroxyl groups is 1. The first-order valence-corrected chi connectivity index (χ1v) is 18.0. The van der Waals surface area contributed by atoms with Crippen LogP contribution in [0.5, 0.6) is 0 Å². The zero-order valence-corrected chi connectivity index (χ0v) is 29.6. The van der Waals surface area contributed by atoms with Crippen LogP contribution >= 0.6 is 0 Å². The Morgan fingerprint density at radius 2 is 1.86 bits per heavy atom. The molecule has 1 aliphatic carbocycles. The molecule has 3 aromatic rings. The molecule has 2 saturated heterocycles. The molecule has 49 heavy (non-hydrogen) atoms. The van der Waals surface area contributed by atoms with Gasteiger partial charge in [-0.25, -0.2) is 18.3 Å². The minimum absolute atomic E-state index is 0.0167. The summed E-state index contributed by atoms with van der Waals surface area (Å²) in [5.41, 5.74) is 2.36. The predicted octanol–water partition coefficient (Wildman–Crippen LogP) is 3.10. The van der Waals surface area contributed by atoms with Crippen LogP contribution in [0.25, 0.3) is 5.65 Å². The van der Waals surface area contributed by atoms with E-state index < -0.39 is 11.0 Å². The van der Waals surface area contributed by atoms with Gasteiger partial charge in [0.2, 0.25) is 5.91 Å². The van der Waals surface area contributed by atoms with Gasteiger partial charge in [0, 0.05) is 68.2 Å². The molecule has 0 bridgehead atoms. The molecular formula is C37H52FN7O4. The quantitative estimate of drug-likeness (QED) is 0.393. The number of anilines is 1. The fraction of sp³-hybridized carbons (Fsp3) is 0.649. The van der Waals surface area contributed by atoms with Crippen LogP contribution in [0.2, 0.25) is 0 Å². The van der Waals surface area contributed by atoms with Crippen LogP contribution in [0.1, 0.15) is 83.2 Å². The summed E-state index contributed by atoms with van der Waals surface area (Å²) in [4.78, 5) is 35.5. The third-order valence-corrected chi connectivity index (χ3v) is 11.4. The molecule has 1 amide bonds. The molecular weight excluding hydrogens is 625 g/mol. The number of ether oxygens (including phenoxy) is 1. The van der Waals surface area contributed by atoms with Crippen molar-refractivity contribution >= 4 is 17.2 Å². The van der Waals surface area contributed by atoms with E-state index in [2.05, 4.69) is 42.8 Å². The largest absolute Gasteiger partial charge is 0.390 e. The van der Waals surface area contributed by atoms with Crippen LogP contribution in [-0.4, -0.2) is 111 Å². The van der Waals surface area contributed by atoms with Crippen molar-refractivity contribution in [1.29, 1.82) is 0 Å². The van der Waals surface area contributed by atoms with E-state index in [1.807, 2.05) is 17.9 Å². The lowest BCUT2D eigenvalue weighted by Crippen LogP contribution is -2.62. The van der Waals surface area contributed by atoms with E-state index in [4.69, 9.17) is 9.84 Å². The molecule has 1 saturated carbocycles. The van der Waals surface area contributed by atoms with Gasteiger partial charge in [0.05, 0.1) is 42.8 Å². The van der Waals surface area contributed by atoms with E-state index in [-0.39, 0.29) is 42.1 Å². The minimum atomic E-state index is -0.737. The fourth-order valence-corrected chi connectivity index (χ4v) is 8.46. The van der Waals surface area contributed by atoms with Crippen molar-refractivity contribution in [2.75, 3.05) is 57.4 Å². The summed E-state index contributed by atoms with van der Waals surface area (Å²) in [7, 11) is 0. The van der Waals surface area contributed by atoms with Crippen molar-refractivity contribution in [2.45, 2.75) is 102 Å². The van der Waals surface area contributed by atoms with Gasteiger partial charge in [-0.2, -0.15) is 0 Å². The smallest absolute Gasteiger partial charge is 0.350 e. The molecule has 12 heteroatoms. The Morgan fingerprint density at radius 1 is 1.12 bits per heavy atom. The Kier molecular flexibility index (Phi) is 9.23. The summed E-state index contributed by atoms with van der Waals surface area (Å²) >= 11 is 0. The average molecular weight is 678 g/mol. The van der Waals surface area contributed by atoms with E-state index >= 15 is 0 Å². The highest BCUT2D eigenvalue weighted by molar-refractivity contribution is 5.98. The van der Waals surface area contributed by atoms with E-state index in [1.54, 1.807) is 21.2 Å². The molecule has 7 rings (SSSR count). The van der Waals surface area contributed by atoms with Crippen molar-refractivity contribution in [2.24, 2.45) is 0 Å². The normalized spacial score (nSPS) is 29.4. The van der Waals surface area contributed by atoms with E-state index in [9.17, 15) is 19.1 Å². The fourth-order valence-electron chi connectivity index (χ4n) is 8.46. The van der Waals surface area contributed by atoms with E-state index in [1.165, 1.54) is 12.1 Å². The van der Waals surface area contributed by atoms with Crippen LogP contribution in [0.4, 0.5) is 10.1 Å². The van der Waals surface area contributed by atoms with Crippen molar-refractivity contribution in [3.63, 3.8) is 0 Å².